The smallest absolute Gasteiger partial charge is 0.497 e. The molecule has 1 aromatic heterocycles. The molecular formula is C17H13BF2N2O2. The van der Waals surface area contributed by atoms with E-state index in [1.165, 1.54) is 12.1 Å². The van der Waals surface area contributed by atoms with E-state index in [-0.39, 0.29) is 11.4 Å². The van der Waals surface area contributed by atoms with Crippen molar-refractivity contribution >= 4 is 25.5 Å². The summed E-state index contributed by atoms with van der Waals surface area (Å²) in [6.45, 7) is 0. The summed E-state index contributed by atoms with van der Waals surface area (Å²) in [5.41, 5.74) is 1.93. The molecular weight excluding hydrogens is 313 g/mol. The Kier molecular flexibility index (Phi) is 4.42. The van der Waals surface area contributed by atoms with Crippen LogP contribution in [0.1, 0.15) is 21.7 Å². The first-order chi connectivity index (χ1) is 11.7. The number of ether oxygens (including phenoxy) is 1. The highest BCUT2D eigenvalue weighted by Gasteiger charge is 2.27. The SMILES string of the molecule is COc1ccc(/C(=C2\C=CC=N2)c2ccc(C=O)n2B(F)F)cc1. The van der Waals surface area contributed by atoms with Crippen LogP contribution in [0.15, 0.2) is 59.2 Å². The van der Waals surface area contributed by atoms with Gasteiger partial charge in [-0.1, -0.05) is 12.1 Å². The van der Waals surface area contributed by atoms with Gasteiger partial charge in [0.25, 0.3) is 0 Å². The second-order valence-corrected chi connectivity index (χ2v) is 5.03. The van der Waals surface area contributed by atoms with E-state index < -0.39 is 7.40 Å². The van der Waals surface area contributed by atoms with Gasteiger partial charge in [0.1, 0.15) is 5.75 Å². The monoisotopic (exact) mass is 326 g/mol. The molecule has 2 aromatic rings. The highest BCUT2D eigenvalue weighted by Crippen LogP contribution is 2.32. The van der Waals surface area contributed by atoms with Gasteiger partial charge in [-0.15, -0.1) is 0 Å². The largest absolute Gasteiger partial charge is 0.678 e. The van der Waals surface area contributed by atoms with Gasteiger partial charge in [-0.25, -0.2) is 0 Å². The highest BCUT2D eigenvalue weighted by molar-refractivity contribution is 6.42. The Morgan fingerprint density at radius 2 is 1.96 bits per heavy atom. The van der Waals surface area contributed by atoms with Crippen molar-refractivity contribution in [1.82, 2.24) is 4.48 Å². The van der Waals surface area contributed by atoms with Crippen LogP contribution in [0.3, 0.4) is 0 Å². The van der Waals surface area contributed by atoms with Gasteiger partial charge in [-0.2, -0.15) is 0 Å². The van der Waals surface area contributed by atoms with Crippen molar-refractivity contribution in [2.45, 2.75) is 0 Å². The number of aliphatic imine (C=N–C) groups is 1. The Balaban J connectivity index is 2.23. The molecule has 0 saturated carbocycles. The van der Waals surface area contributed by atoms with Gasteiger partial charge in [0, 0.05) is 17.5 Å². The molecule has 120 valence electrons. The maximum Gasteiger partial charge on any atom is 0.678 e. The number of carbonyl (C=O) groups is 1. The summed E-state index contributed by atoms with van der Waals surface area (Å²) in [7, 11) is -1.28. The van der Waals surface area contributed by atoms with Crippen molar-refractivity contribution in [3.05, 3.63) is 71.2 Å². The molecule has 0 spiro atoms. The van der Waals surface area contributed by atoms with E-state index in [4.69, 9.17) is 4.74 Å². The lowest BCUT2D eigenvalue weighted by molar-refractivity contribution is 0.111. The number of aldehydes is 1. The van der Waals surface area contributed by atoms with Crippen LogP contribution in [0.25, 0.3) is 5.57 Å². The molecule has 1 aromatic carbocycles. The molecule has 0 fully saturated rings. The van der Waals surface area contributed by atoms with E-state index in [1.807, 2.05) is 0 Å². The molecule has 0 amide bonds. The minimum atomic E-state index is -2.83. The summed E-state index contributed by atoms with van der Waals surface area (Å²) in [5, 5.41) is 0. The van der Waals surface area contributed by atoms with E-state index in [0.29, 0.717) is 33.3 Å². The van der Waals surface area contributed by atoms with Crippen LogP contribution in [0.5, 0.6) is 5.75 Å². The molecule has 0 unspecified atom stereocenters. The quantitative estimate of drug-likeness (QED) is 0.624. The predicted molar refractivity (Wildman–Crippen MR) is 89.8 cm³/mol. The average molecular weight is 326 g/mol. The lowest BCUT2D eigenvalue weighted by Crippen LogP contribution is -2.19. The fraction of sp³-hybridized carbons (Fsp3) is 0.0588. The van der Waals surface area contributed by atoms with Crippen molar-refractivity contribution in [3.63, 3.8) is 0 Å². The predicted octanol–water partition coefficient (Wildman–Crippen LogP) is 3.48. The average Bonchev–Trinajstić information content (AvgIpc) is 3.25. The molecule has 0 saturated heterocycles. The number of nitrogens with zero attached hydrogens (tertiary/aromatic N) is 2. The van der Waals surface area contributed by atoms with Crippen molar-refractivity contribution < 1.29 is 18.2 Å². The van der Waals surface area contributed by atoms with Crippen LogP contribution in [0.4, 0.5) is 8.63 Å². The zero-order chi connectivity index (χ0) is 17.1. The van der Waals surface area contributed by atoms with Crippen molar-refractivity contribution in [2.75, 3.05) is 7.11 Å². The van der Waals surface area contributed by atoms with Gasteiger partial charge in [0.15, 0.2) is 6.29 Å². The number of rotatable bonds is 5. The third-order valence-electron chi connectivity index (χ3n) is 3.71. The molecule has 3 rings (SSSR count). The molecule has 0 atom stereocenters. The maximum atomic E-state index is 13.5. The van der Waals surface area contributed by atoms with E-state index >= 15 is 0 Å². The van der Waals surface area contributed by atoms with Crippen molar-refractivity contribution in [3.8, 4) is 5.75 Å². The minimum Gasteiger partial charge on any atom is -0.497 e. The number of hydrogen-bond acceptors (Lipinski definition) is 3. The number of aromatic nitrogens is 1. The number of allylic oxidation sites excluding steroid dienone is 2. The summed E-state index contributed by atoms with van der Waals surface area (Å²) < 4.78 is 32.8. The van der Waals surface area contributed by atoms with Crippen LogP contribution in [-0.2, 0) is 0 Å². The van der Waals surface area contributed by atoms with E-state index in [0.717, 1.165) is 0 Å². The Hall–Kier alpha value is -2.96. The molecule has 4 nitrogen and oxygen atoms in total. The van der Waals surface area contributed by atoms with Gasteiger partial charge >= 0.3 is 7.40 Å². The Bertz CT molecular complexity index is 838. The number of hydrogen-bond donors (Lipinski definition) is 0. The van der Waals surface area contributed by atoms with Gasteiger partial charge in [0.05, 0.1) is 18.5 Å². The number of halogens is 2. The highest BCUT2D eigenvalue weighted by atomic mass is 19.2. The van der Waals surface area contributed by atoms with Crippen LogP contribution in [-0.4, -0.2) is 31.5 Å². The van der Waals surface area contributed by atoms with Crippen LogP contribution in [0.2, 0.25) is 0 Å². The Morgan fingerprint density at radius 1 is 1.21 bits per heavy atom. The van der Waals surface area contributed by atoms with Gasteiger partial charge in [-0.3, -0.25) is 18.4 Å². The standard InChI is InChI=1S/C17H13BF2N2O2/c1-24-14-7-4-12(5-8-14)17(15-3-2-10-21-15)16-9-6-13(11-23)22(16)18(19)20/h2-11H,1H3/b17-15-. The van der Waals surface area contributed by atoms with Crippen LogP contribution in [0, 0.1) is 0 Å². The molecule has 1 aliphatic heterocycles. The molecule has 7 heteroatoms. The molecule has 1 aliphatic rings. The Morgan fingerprint density at radius 3 is 2.50 bits per heavy atom. The first kappa shape index (κ1) is 15.9. The maximum absolute atomic E-state index is 13.5. The fourth-order valence-corrected chi connectivity index (χ4v) is 2.61. The summed E-state index contributed by atoms with van der Waals surface area (Å²) in [4.78, 5) is 15.3. The summed E-state index contributed by atoms with van der Waals surface area (Å²) in [5.74, 6) is 0.659. The Labute approximate surface area is 138 Å². The van der Waals surface area contributed by atoms with E-state index in [2.05, 4.69) is 4.99 Å². The molecule has 0 aliphatic carbocycles. The van der Waals surface area contributed by atoms with Gasteiger partial charge in [-0.05, 0) is 42.0 Å². The molecule has 2 heterocycles. The first-order valence-electron chi connectivity index (χ1n) is 7.20. The minimum absolute atomic E-state index is 0.0856. The summed E-state index contributed by atoms with van der Waals surface area (Å²) in [6.07, 6.45) is 5.48. The van der Waals surface area contributed by atoms with E-state index in [9.17, 15) is 13.4 Å². The summed E-state index contributed by atoms with van der Waals surface area (Å²) >= 11 is 0. The van der Waals surface area contributed by atoms with Gasteiger partial charge < -0.3 is 9.21 Å². The van der Waals surface area contributed by atoms with Crippen LogP contribution < -0.4 is 4.74 Å². The molecule has 0 N–H and O–H groups in total. The number of carbonyl (C=O) groups excluding carboxylic acids is 1. The zero-order valence-corrected chi connectivity index (χ0v) is 12.8. The fourth-order valence-electron chi connectivity index (χ4n) is 2.61. The van der Waals surface area contributed by atoms with Crippen molar-refractivity contribution in [1.29, 1.82) is 0 Å². The lowest BCUT2D eigenvalue weighted by Gasteiger charge is -2.14. The number of benzene rings is 1. The second-order valence-electron chi connectivity index (χ2n) is 5.03. The molecule has 24 heavy (non-hydrogen) atoms. The van der Waals surface area contributed by atoms with Gasteiger partial charge in [0.2, 0.25) is 0 Å². The lowest BCUT2D eigenvalue weighted by atomic mass is 9.98. The topological polar surface area (TPSA) is 43.6 Å². The molecule has 0 radical (unpaired) electrons. The molecule has 0 bridgehead atoms. The second kappa shape index (κ2) is 6.66. The zero-order valence-electron chi connectivity index (χ0n) is 12.8. The third-order valence-corrected chi connectivity index (χ3v) is 3.71. The van der Waals surface area contributed by atoms with Crippen LogP contribution >= 0.6 is 0 Å². The first-order valence-corrected chi connectivity index (χ1v) is 7.20. The third kappa shape index (κ3) is 2.80. The number of methoxy groups -OCH3 is 1. The van der Waals surface area contributed by atoms with Crippen molar-refractivity contribution in [2.24, 2.45) is 4.99 Å². The summed E-state index contributed by atoms with van der Waals surface area (Å²) in [6, 6.07) is 9.91. The normalized spacial score (nSPS) is 14.8. The van der Waals surface area contributed by atoms with E-state index in [1.54, 1.807) is 49.7 Å².